The predicted octanol–water partition coefficient (Wildman–Crippen LogP) is 2.49. The van der Waals surface area contributed by atoms with Crippen LogP contribution in [-0.4, -0.2) is 27.9 Å². The van der Waals surface area contributed by atoms with Gasteiger partial charge in [0, 0.05) is 24.4 Å². The monoisotopic (exact) mass is 347 g/mol. The minimum atomic E-state index is 0. The van der Waals surface area contributed by atoms with Crippen molar-refractivity contribution < 1.29 is 15.0 Å². The lowest BCUT2D eigenvalue weighted by atomic mass is 9.95. The van der Waals surface area contributed by atoms with Gasteiger partial charge in [0.2, 0.25) is 5.91 Å². The van der Waals surface area contributed by atoms with Crippen molar-refractivity contribution in [1.29, 1.82) is 0 Å². The Morgan fingerprint density at radius 3 is 2.79 bits per heavy atom. The molecule has 24 heavy (non-hydrogen) atoms. The highest BCUT2D eigenvalue weighted by molar-refractivity contribution is 5.97. The molecule has 0 saturated carbocycles. The molecule has 0 aliphatic carbocycles. The lowest BCUT2D eigenvalue weighted by Crippen LogP contribution is -2.20. The van der Waals surface area contributed by atoms with Crippen LogP contribution in [0.15, 0.2) is 42.7 Å². The van der Waals surface area contributed by atoms with Gasteiger partial charge >= 0.3 is 0 Å². The van der Waals surface area contributed by atoms with Crippen molar-refractivity contribution in [3.8, 4) is 17.0 Å². The summed E-state index contributed by atoms with van der Waals surface area (Å²) in [6.07, 6.45) is 5.17. The van der Waals surface area contributed by atoms with Crippen LogP contribution in [0.25, 0.3) is 16.9 Å². The Labute approximate surface area is 145 Å². The topological polar surface area (TPSA) is 87.1 Å². The van der Waals surface area contributed by atoms with E-state index in [-0.39, 0.29) is 23.8 Å². The van der Waals surface area contributed by atoms with Crippen LogP contribution in [0, 0.1) is 0 Å². The van der Waals surface area contributed by atoms with E-state index in [1.54, 1.807) is 7.11 Å². The number of anilines is 1. The number of ether oxygens (including phenoxy) is 1. The average Bonchev–Trinajstić information content (AvgIpc) is 2.97. The number of carbonyl (C=O) groups excluding carboxylic acids is 1. The minimum absolute atomic E-state index is 0. The Kier molecular flexibility index (Phi) is 5.11. The fourth-order valence-corrected chi connectivity index (χ4v) is 2.94. The normalized spacial score (nSPS) is 12.6. The van der Waals surface area contributed by atoms with E-state index in [0.29, 0.717) is 18.6 Å². The van der Waals surface area contributed by atoms with E-state index >= 15 is 0 Å². The molecule has 4 rings (SSSR count). The molecule has 3 N–H and O–H groups in total. The number of nitrogens with one attached hydrogen (secondary N) is 1. The molecule has 7 heteroatoms. The van der Waals surface area contributed by atoms with Crippen molar-refractivity contribution in [3.63, 3.8) is 0 Å². The highest BCUT2D eigenvalue weighted by Crippen LogP contribution is 2.39. The van der Waals surface area contributed by atoms with Crippen molar-refractivity contribution in [2.24, 2.45) is 0 Å². The van der Waals surface area contributed by atoms with Crippen molar-refractivity contribution >= 4 is 29.6 Å². The summed E-state index contributed by atoms with van der Waals surface area (Å²) in [4.78, 5) is 16.4. The second-order valence-corrected chi connectivity index (χ2v) is 5.31. The van der Waals surface area contributed by atoms with Gasteiger partial charge in [-0.1, -0.05) is 6.07 Å². The van der Waals surface area contributed by atoms with Gasteiger partial charge in [0.05, 0.1) is 18.5 Å². The lowest BCUT2D eigenvalue weighted by molar-refractivity contribution is -0.116. The number of carbonyl (C=O) groups is 1. The molecule has 3 aromatic rings. The second kappa shape index (κ2) is 6.90. The molecule has 2 aromatic heterocycles. The standard InChI is InChI=1S/C17H15N3O2.ClH.H2O/c1-22-14-7-5-11(12-6-8-16(21)19-17(12)14)13-10-20-9-3-2-4-15(20)18-13;;/h2-5,7,9-10H,6,8H2,1H3,(H,19,21);1H;1H2. The molecule has 6 nitrogen and oxygen atoms in total. The van der Waals surface area contributed by atoms with Gasteiger partial charge in [-0.25, -0.2) is 4.98 Å². The molecular formula is C17H18ClN3O3. The maximum Gasteiger partial charge on any atom is 0.224 e. The molecule has 0 radical (unpaired) electrons. The summed E-state index contributed by atoms with van der Waals surface area (Å²) in [7, 11) is 1.61. The number of benzene rings is 1. The van der Waals surface area contributed by atoms with Gasteiger partial charge in [0.25, 0.3) is 0 Å². The first-order valence-electron chi connectivity index (χ1n) is 7.20. The first-order valence-corrected chi connectivity index (χ1v) is 7.20. The average molecular weight is 348 g/mol. The Hall–Kier alpha value is -2.57. The van der Waals surface area contributed by atoms with Crippen LogP contribution in [0.5, 0.6) is 5.75 Å². The number of halogens is 1. The SMILES string of the molecule is COc1ccc(-c2cn3ccccc3n2)c2c1NC(=O)CC2.Cl.O. The lowest BCUT2D eigenvalue weighted by Gasteiger charge is -2.21. The third-order valence-corrected chi connectivity index (χ3v) is 4.00. The van der Waals surface area contributed by atoms with Crippen molar-refractivity contribution in [1.82, 2.24) is 9.38 Å². The molecule has 3 heterocycles. The van der Waals surface area contributed by atoms with Gasteiger partial charge in [-0.2, -0.15) is 0 Å². The summed E-state index contributed by atoms with van der Waals surface area (Å²) in [6.45, 7) is 0. The molecule has 1 aromatic carbocycles. The van der Waals surface area contributed by atoms with Crippen molar-refractivity contribution in [2.45, 2.75) is 12.8 Å². The Balaban J connectivity index is 0.00000104. The van der Waals surface area contributed by atoms with E-state index in [2.05, 4.69) is 10.3 Å². The van der Waals surface area contributed by atoms with Crippen molar-refractivity contribution in [2.75, 3.05) is 12.4 Å². The van der Waals surface area contributed by atoms with Crippen LogP contribution in [-0.2, 0) is 11.2 Å². The summed E-state index contributed by atoms with van der Waals surface area (Å²) >= 11 is 0. The smallest absolute Gasteiger partial charge is 0.224 e. The minimum Gasteiger partial charge on any atom is -0.495 e. The number of fused-ring (bicyclic) bond motifs is 2. The Morgan fingerprint density at radius 2 is 2.04 bits per heavy atom. The van der Waals surface area contributed by atoms with Crippen LogP contribution in [0.3, 0.4) is 0 Å². The van der Waals surface area contributed by atoms with Crippen LogP contribution in [0.2, 0.25) is 0 Å². The summed E-state index contributed by atoms with van der Waals surface area (Å²) in [5, 5.41) is 2.92. The molecule has 0 spiro atoms. The fourth-order valence-electron chi connectivity index (χ4n) is 2.94. The Morgan fingerprint density at radius 1 is 1.21 bits per heavy atom. The summed E-state index contributed by atoms with van der Waals surface area (Å²) in [5.41, 5.74) is 4.71. The number of rotatable bonds is 2. The molecule has 0 atom stereocenters. The molecule has 0 saturated heterocycles. The van der Waals surface area contributed by atoms with E-state index in [1.165, 1.54) is 0 Å². The molecular weight excluding hydrogens is 330 g/mol. The molecule has 126 valence electrons. The van der Waals surface area contributed by atoms with Gasteiger partial charge in [-0.15, -0.1) is 12.4 Å². The molecule has 0 unspecified atom stereocenters. The molecule has 0 fully saturated rings. The predicted molar refractivity (Wildman–Crippen MR) is 95.0 cm³/mol. The summed E-state index contributed by atoms with van der Waals surface area (Å²) in [5.74, 6) is 0.716. The third-order valence-electron chi connectivity index (χ3n) is 4.00. The molecule has 0 bridgehead atoms. The van der Waals surface area contributed by atoms with Gasteiger partial charge in [0.15, 0.2) is 0 Å². The second-order valence-electron chi connectivity index (χ2n) is 5.31. The molecule has 1 aliphatic heterocycles. The first kappa shape index (κ1) is 17.8. The maximum absolute atomic E-state index is 11.7. The number of hydrogen-bond acceptors (Lipinski definition) is 3. The zero-order chi connectivity index (χ0) is 15.1. The van der Waals surface area contributed by atoms with Gasteiger partial charge in [-0.05, 0) is 36.2 Å². The number of amides is 1. The zero-order valence-electron chi connectivity index (χ0n) is 13.1. The number of hydrogen-bond donors (Lipinski definition) is 1. The first-order chi connectivity index (χ1) is 10.8. The van der Waals surface area contributed by atoms with Gasteiger partial charge in [0.1, 0.15) is 11.4 Å². The zero-order valence-corrected chi connectivity index (χ0v) is 13.9. The largest absolute Gasteiger partial charge is 0.495 e. The summed E-state index contributed by atoms with van der Waals surface area (Å²) < 4.78 is 7.36. The quantitative estimate of drug-likeness (QED) is 0.772. The summed E-state index contributed by atoms with van der Waals surface area (Å²) in [6, 6.07) is 9.81. The van der Waals surface area contributed by atoms with E-state index in [1.807, 2.05) is 47.1 Å². The molecule has 1 amide bonds. The van der Waals surface area contributed by atoms with Gasteiger partial charge < -0.3 is 19.9 Å². The van der Waals surface area contributed by atoms with Crippen molar-refractivity contribution in [3.05, 3.63) is 48.3 Å². The number of aromatic nitrogens is 2. The van der Waals surface area contributed by atoms with E-state index in [0.717, 1.165) is 28.2 Å². The highest BCUT2D eigenvalue weighted by atomic mass is 35.5. The van der Waals surface area contributed by atoms with E-state index in [9.17, 15) is 4.79 Å². The highest BCUT2D eigenvalue weighted by Gasteiger charge is 2.23. The van der Waals surface area contributed by atoms with Gasteiger partial charge in [-0.3, -0.25) is 4.79 Å². The third kappa shape index (κ3) is 2.81. The van der Waals surface area contributed by atoms with E-state index in [4.69, 9.17) is 4.74 Å². The number of pyridine rings is 1. The van der Waals surface area contributed by atoms with E-state index < -0.39 is 0 Å². The number of methoxy groups -OCH3 is 1. The maximum atomic E-state index is 11.7. The van der Waals surface area contributed by atoms with Crippen LogP contribution in [0.4, 0.5) is 5.69 Å². The molecule has 1 aliphatic rings. The van der Waals surface area contributed by atoms with Crippen LogP contribution >= 0.6 is 12.4 Å². The Bertz CT molecular complexity index is 859. The fraction of sp³-hybridized carbons (Fsp3) is 0.176. The number of imidazole rings is 1. The van der Waals surface area contributed by atoms with Crippen LogP contribution < -0.4 is 10.1 Å². The number of nitrogens with zero attached hydrogens (tertiary/aromatic N) is 2. The van der Waals surface area contributed by atoms with Crippen LogP contribution in [0.1, 0.15) is 12.0 Å².